The summed E-state index contributed by atoms with van der Waals surface area (Å²) in [6.45, 7) is 13.5. The van der Waals surface area contributed by atoms with Crippen molar-refractivity contribution in [1.82, 2.24) is 4.57 Å². The molecule has 1 aliphatic rings. The van der Waals surface area contributed by atoms with Crippen molar-refractivity contribution in [1.29, 1.82) is 0 Å². The minimum absolute atomic E-state index is 0.838. The molecule has 1 nitrogen and oxygen atoms in total. The van der Waals surface area contributed by atoms with Crippen LogP contribution in [0.1, 0.15) is 20.3 Å². The molecule has 13 heavy (non-hydrogen) atoms. The first-order chi connectivity index (χ1) is 5.96. The normalized spacial score (nSPS) is 32.1. The average Bonchev–Trinajstić information content (AvgIpc) is 2.02. The molecule has 0 radical (unpaired) electrons. The van der Waals surface area contributed by atoms with Gasteiger partial charge in [0.15, 0.2) is 0 Å². The lowest BCUT2D eigenvalue weighted by atomic mass is 10.1. The van der Waals surface area contributed by atoms with Crippen molar-refractivity contribution < 1.29 is 0 Å². The Morgan fingerprint density at radius 3 is 2.38 bits per heavy atom. The Hall–Kier alpha value is 0.527. The molecule has 0 N–H and O–H groups in total. The van der Waals surface area contributed by atoms with Crippen molar-refractivity contribution >= 4 is 20.0 Å². The van der Waals surface area contributed by atoms with Gasteiger partial charge in [-0.3, -0.25) is 0 Å². The van der Waals surface area contributed by atoms with E-state index >= 15 is 0 Å². The second kappa shape index (κ2) is 4.37. The van der Waals surface area contributed by atoms with E-state index in [0.717, 1.165) is 11.3 Å². The van der Waals surface area contributed by atoms with Crippen LogP contribution in [0.3, 0.4) is 0 Å². The van der Waals surface area contributed by atoms with Gasteiger partial charge >= 0.3 is 0 Å². The molecular weight excluding hydrogens is 194 g/mol. The van der Waals surface area contributed by atoms with Crippen LogP contribution in [0.4, 0.5) is 0 Å². The lowest BCUT2D eigenvalue weighted by molar-refractivity contribution is 0.309. The maximum absolute atomic E-state index is 2.81. The van der Waals surface area contributed by atoms with Crippen LogP contribution in [0.15, 0.2) is 0 Å². The first kappa shape index (κ1) is 11.6. The van der Waals surface area contributed by atoms with Crippen molar-refractivity contribution in [3.8, 4) is 0 Å². The molecule has 0 aromatic carbocycles. The van der Waals surface area contributed by atoms with Gasteiger partial charge in [-0.1, -0.05) is 33.5 Å². The summed E-state index contributed by atoms with van der Waals surface area (Å²) >= 11 is 2.15. The Morgan fingerprint density at radius 2 is 2.00 bits per heavy atom. The highest BCUT2D eigenvalue weighted by Crippen LogP contribution is 2.30. The Balaban J connectivity index is 2.70. The van der Waals surface area contributed by atoms with Crippen LogP contribution in [0.25, 0.3) is 0 Å². The highest BCUT2D eigenvalue weighted by atomic mass is 32.2. The largest absolute Gasteiger partial charge is 0.319 e. The van der Waals surface area contributed by atoms with Crippen LogP contribution in [0.2, 0.25) is 19.6 Å². The van der Waals surface area contributed by atoms with E-state index in [2.05, 4.69) is 49.8 Å². The van der Waals surface area contributed by atoms with E-state index in [-0.39, 0.29) is 0 Å². The summed E-state index contributed by atoms with van der Waals surface area (Å²) in [6.07, 6.45) is 1.32. The van der Waals surface area contributed by atoms with E-state index in [9.17, 15) is 0 Å². The molecule has 0 saturated carbocycles. The molecule has 1 saturated heterocycles. The number of hydrogen-bond donors (Lipinski definition) is 0. The van der Waals surface area contributed by atoms with Crippen molar-refractivity contribution in [3.05, 3.63) is 0 Å². The van der Waals surface area contributed by atoms with E-state index in [4.69, 9.17) is 0 Å². The zero-order valence-corrected chi connectivity index (χ0v) is 11.4. The number of nitrogens with zero attached hydrogens (tertiary/aromatic N) is 1. The monoisotopic (exact) mass is 217 g/mol. The van der Waals surface area contributed by atoms with Crippen molar-refractivity contribution in [2.75, 3.05) is 12.3 Å². The number of hydrogen-bond acceptors (Lipinski definition) is 2. The van der Waals surface area contributed by atoms with E-state index in [0.29, 0.717) is 0 Å². The topological polar surface area (TPSA) is 3.24 Å². The maximum atomic E-state index is 2.81. The minimum atomic E-state index is -1.06. The molecule has 0 aromatic heterocycles. The van der Waals surface area contributed by atoms with E-state index < -0.39 is 8.24 Å². The minimum Gasteiger partial charge on any atom is -0.319 e. The molecule has 0 bridgehead atoms. The third-order valence-corrected chi connectivity index (χ3v) is 6.47. The Kier molecular flexibility index (Phi) is 3.90. The fourth-order valence-corrected chi connectivity index (χ4v) is 5.94. The molecule has 1 fully saturated rings. The van der Waals surface area contributed by atoms with Crippen LogP contribution in [-0.2, 0) is 0 Å². The maximum Gasteiger partial charge on any atom is 0.119 e. The first-order valence-corrected chi connectivity index (χ1v) is 9.84. The molecule has 0 amide bonds. The zero-order valence-electron chi connectivity index (χ0n) is 9.63. The van der Waals surface area contributed by atoms with Crippen LogP contribution < -0.4 is 0 Å². The summed E-state index contributed by atoms with van der Waals surface area (Å²) in [5.74, 6) is 1.34. The van der Waals surface area contributed by atoms with Gasteiger partial charge in [-0.15, -0.1) is 0 Å². The second-order valence-corrected chi connectivity index (χ2v) is 11.3. The molecule has 2 atom stereocenters. The summed E-state index contributed by atoms with van der Waals surface area (Å²) in [7, 11) is -1.06. The lowest BCUT2D eigenvalue weighted by Crippen LogP contribution is -2.57. The molecular formula is C10H23NSSi. The highest BCUT2D eigenvalue weighted by Gasteiger charge is 2.35. The van der Waals surface area contributed by atoms with Crippen LogP contribution in [0.5, 0.6) is 0 Å². The van der Waals surface area contributed by atoms with Crippen molar-refractivity contribution in [2.45, 2.75) is 51.2 Å². The average molecular weight is 217 g/mol. The van der Waals surface area contributed by atoms with Gasteiger partial charge in [0.25, 0.3) is 0 Å². The smallest absolute Gasteiger partial charge is 0.119 e. The Bertz CT molecular complexity index is 167. The number of thioether (sulfide) groups is 1. The summed E-state index contributed by atoms with van der Waals surface area (Å²) < 4.78 is 2.81. The van der Waals surface area contributed by atoms with Crippen LogP contribution in [0, 0.1) is 0 Å². The van der Waals surface area contributed by atoms with E-state index in [1.807, 2.05) is 0 Å². The Morgan fingerprint density at radius 1 is 1.38 bits per heavy atom. The molecule has 78 valence electrons. The van der Waals surface area contributed by atoms with Gasteiger partial charge in [-0.05, 0) is 6.42 Å². The molecule has 0 aliphatic carbocycles. The van der Waals surface area contributed by atoms with E-state index in [1.54, 1.807) is 0 Å². The molecule has 1 rings (SSSR count). The molecule has 3 heteroatoms. The standard InChI is InChI=1S/C10H23NSSi/c1-6-10-9(2)12-8-7-11(10)13(3,4)5/h9-10H,6-8H2,1-5H3. The van der Waals surface area contributed by atoms with Gasteiger partial charge in [0.05, 0.1) is 0 Å². The molecule has 1 aliphatic heterocycles. The fraction of sp³-hybridized carbons (Fsp3) is 1.00. The predicted octanol–water partition coefficient (Wildman–Crippen LogP) is 3.04. The third kappa shape index (κ3) is 2.74. The van der Waals surface area contributed by atoms with Crippen LogP contribution >= 0.6 is 11.8 Å². The van der Waals surface area contributed by atoms with Crippen molar-refractivity contribution in [2.24, 2.45) is 0 Å². The summed E-state index contributed by atoms with van der Waals surface area (Å²) in [4.78, 5) is 0. The van der Waals surface area contributed by atoms with Gasteiger partial charge in [-0.25, -0.2) is 0 Å². The van der Waals surface area contributed by atoms with Gasteiger partial charge in [-0.2, -0.15) is 11.8 Å². The van der Waals surface area contributed by atoms with Crippen LogP contribution in [-0.4, -0.2) is 36.4 Å². The van der Waals surface area contributed by atoms with E-state index in [1.165, 1.54) is 18.7 Å². The first-order valence-electron chi connectivity index (χ1n) is 5.35. The second-order valence-electron chi connectivity index (χ2n) is 4.92. The molecule has 1 heterocycles. The summed E-state index contributed by atoms with van der Waals surface area (Å²) in [5.41, 5.74) is 0. The number of rotatable bonds is 2. The molecule has 0 aromatic rings. The summed E-state index contributed by atoms with van der Waals surface area (Å²) in [5, 5.41) is 0.838. The molecule has 0 spiro atoms. The van der Waals surface area contributed by atoms with Crippen molar-refractivity contribution in [3.63, 3.8) is 0 Å². The quantitative estimate of drug-likeness (QED) is 0.654. The van der Waals surface area contributed by atoms with Gasteiger partial charge in [0.2, 0.25) is 0 Å². The van der Waals surface area contributed by atoms with Gasteiger partial charge in [0.1, 0.15) is 8.24 Å². The van der Waals surface area contributed by atoms with Gasteiger partial charge in [0, 0.05) is 23.6 Å². The Labute approximate surface area is 88.4 Å². The predicted molar refractivity (Wildman–Crippen MR) is 66.1 cm³/mol. The van der Waals surface area contributed by atoms with Gasteiger partial charge < -0.3 is 4.57 Å². The SMILES string of the molecule is CCC1C(C)SCCN1[Si](C)(C)C. The lowest BCUT2D eigenvalue weighted by Gasteiger charge is -2.46. The fourth-order valence-electron chi connectivity index (χ4n) is 2.25. The molecule has 2 unspecified atom stereocenters. The highest BCUT2D eigenvalue weighted by molar-refractivity contribution is 8.00. The zero-order chi connectivity index (χ0) is 10.1. The summed E-state index contributed by atoms with van der Waals surface area (Å²) in [6, 6.07) is 0.838. The third-order valence-electron chi connectivity index (χ3n) is 2.94.